The summed E-state index contributed by atoms with van der Waals surface area (Å²) in [4.78, 5) is 32.4. The molecule has 8 nitrogen and oxygen atoms in total. The lowest BCUT2D eigenvalue weighted by atomic mass is 9.95. The van der Waals surface area contributed by atoms with E-state index in [0.717, 1.165) is 27.1 Å². The van der Waals surface area contributed by atoms with Crippen LogP contribution >= 0.6 is 27.3 Å². The minimum atomic E-state index is -0.720. The van der Waals surface area contributed by atoms with E-state index in [0.29, 0.717) is 37.7 Å². The van der Waals surface area contributed by atoms with Crippen LogP contribution in [0.25, 0.3) is 11.8 Å². The summed E-state index contributed by atoms with van der Waals surface area (Å²) in [6.07, 6.45) is 1.90. The lowest BCUT2D eigenvalue weighted by molar-refractivity contribution is -0.139. The largest absolute Gasteiger partial charge is 0.463 e. The van der Waals surface area contributed by atoms with E-state index >= 15 is 0 Å². The molecule has 0 spiro atoms. The van der Waals surface area contributed by atoms with Crippen molar-refractivity contribution in [1.29, 1.82) is 0 Å². The van der Waals surface area contributed by atoms with E-state index in [-0.39, 0.29) is 19.0 Å². The van der Waals surface area contributed by atoms with Crippen molar-refractivity contribution in [2.75, 3.05) is 13.4 Å². The maximum absolute atomic E-state index is 14.0. The zero-order chi connectivity index (χ0) is 28.1. The first-order chi connectivity index (χ1) is 19.3. The van der Waals surface area contributed by atoms with Crippen LogP contribution in [-0.4, -0.2) is 28.5 Å². The molecule has 4 aromatic rings. The number of aryl methyl sites for hydroxylation is 1. The second-order valence-corrected chi connectivity index (χ2v) is 11.5. The zero-order valence-electron chi connectivity index (χ0n) is 22.4. The molecule has 2 aromatic heterocycles. The Bertz CT molecular complexity index is 1880. The third-order valence-electron chi connectivity index (χ3n) is 7.07. The molecule has 0 amide bonds. The number of carbonyl (C=O) groups excluding carboxylic acids is 1. The summed E-state index contributed by atoms with van der Waals surface area (Å²) in [5.41, 5.74) is 5.37. The number of carbonyl (C=O) groups is 1. The van der Waals surface area contributed by atoms with Gasteiger partial charge in [-0.25, -0.2) is 9.79 Å². The number of aromatic nitrogens is 2. The zero-order valence-corrected chi connectivity index (χ0v) is 24.8. The number of rotatable bonds is 5. The van der Waals surface area contributed by atoms with Crippen molar-refractivity contribution < 1.29 is 19.0 Å². The van der Waals surface area contributed by atoms with Gasteiger partial charge in [-0.2, -0.15) is 0 Å². The standard InChI is InChI=1S/C30H26BrN3O5S/c1-5-37-29(36)26-17(3)32-30-34(27(26)19-6-11-23-24(13-19)39-15-38-23)28(35)25(40-30)14-20-12-16(2)33(18(20)4)22-9-7-21(31)8-10-22/h6-14,27H,5,15H2,1-4H3/t27-/m0/s1. The van der Waals surface area contributed by atoms with Crippen LogP contribution in [0.4, 0.5) is 0 Å². The number of benzene rings is 2. The van der Waals surface area contributed by atoms with Gasteiger partial charge in [-0.3, -0.25) is 9.36 Å². The van der Waals surface area contributed by atoms with Gasteiger partial charge in [0.15, 0.2) is 16.3 Å². The predicted molar refractivity (Wildman–Crippen MR) is 156 cm³/mol. The molecule has 0 saturated carbocycles. The number of ether oxygens (including phenoxy) is 3. The predicted octanol–water partition coefficient (Wildman–Crippen LogP) is 4.70. The molecule has 0 fully saturated rings. The Labute approximate surface area is 242 Å². The molecule has 2 aliphatic rings. The molecule has 10 heteroatoms. The highest BCUT2D eigenvalue weighted by molar-refractivity contribution is 9.10. The Kier molecular flexibility index (Phi) is 6.75. The van der Waals surface area contributed by atoms with Gasteiger partial charge in [0, 0.05) is 21.5 Å². The summed E-state index contributed by atoms with van der Waals surface area (Å²) in [6, 6.07) is 14.9. The third-order valence-corrected chi connectivity index (χ3v) is 8.58. The summed E-state index contributed by atoms with van der Waals surface area (Å²) < 4.78 is 21.8. The van der Waals surface area contributed by atoms with Gasteiger partial charge in [-0.1, -0.05) is 33.3 Å². The van der Waals surface area contributed by atoms with Gasteiger partial charge < -0.3 is 18.8 Å². The molecule has 0 aliphatic carbocycles. The SMILES string of the molecule is CCOC(=O)C1=C(C)N=c2sc(=Cc3cc(C)n(-c4ccc(Br)cc4)c3C)c(=O)n2[C@H]1c1ccc2c(c1)OCO2. The molecule has 0 radical (unpaired) electrons. The molecule has 40 heavy (non-hydrogen) atoms. The number of esters is 1. The monoisotopic (exact) mass is 619 g/mol. The van der Waals surface area contributed by atoms with Crippen molar-refractivity contribution in [3.63, 3.8) is 0 Å². The fourth-order valence-electron chi connectivity index (χ4n) is 5.25. The Morgan fingerprint density at radius 1 is 1.12 bits per heavy atom. The van der Waals surface area contributed by atoms with Gasteiger partial charge in [0.05, 0.1) is 28.5 Å². The van der Waals surface area contributed by atoms with Crippen LogP contribution in [-0.2, 0) is 9.53 Å². The smallest absolute Gasteiger partial charge is 0.338 e. The Hall–Kier alpha value is -3.89. The Morgan fingerprint density at radius 2 is 1.88 bits per heavy atom. The van der Waals surface area contributed by atoms with Crippen LogP contribution in [0.1, 0.15) is 42.4 Å². The topological polar surface area (TPSA) is 84.1 Å². The molecule has 6 rings (SSSR count). The van der Waals surface area contributed by atoms with Crippen molar-refractivity contribution in [2.24, 2.45) is 4.99 Å². The number of hydrogen-bond acceptors (Lipinski definition) is 7. The molecule has 0 bridgehead atoms. The van der Waals surface area contributed by atoms with Gasteiger partial charge in [0.2, 0.25) is 6.79 Å². The van der Waals surface area contributed by atoms with E-state index in [1.165, 1.54) is 11.3 Å². The van der Waals surface area contributed by atoms with Gasteiger partial charge >= 0.3 is 5.97 Å². The average molecular weight is 621 g/mol. The summed E-state index contributed by atoms with van der Waals surface area (Å²) in [7, 11) is 0. The Morgan fingerprint density at radius 3 is 2.62 bits per heavy atom. The molecule has 204 valence electrons. The van der Waals surface area contributed by atoms with Crippen LogP contribution in [0.15, 0.2) is 74.1 Å². The van der Waals surface area contributed by atoms with E-state index in [1.54, 1.807) is 24.5 Å². The molecule has 0 saturated heterocycles. The number of halogens is 1. The summed E-state index contributed by atoms with van der Waals surface area (Å²) in [6.45, 7) is 7.94. The lowest BCUT2D eigenvalue weighted by Gasteiger charge is -2.24. The summed E-state index contributed by atoms with van der Waals surface area (Å²) >= 11 is 4.80. The average Bonchev–Trinajstić information content (AvgIpc) is 3.59. The summed E-state index contributed by atoms with van der Waals surface area (Å²) in [5, 5.41) is 0. The quantitative estimate of drug-likeness (QED) is 0.303. The first-order valence-electron chi connectivity index (χ1n) is 12.8. The normalized spacial score (nSPS) is 16.2. The highest BCUT2D eigenvalue weighted by Crippen LogP contribution is 2.38. The highest BCUT2D eigenvalue weighted by atomic mass is 79.9. The van der Waals surface area contributed by atoms with Crippen LogP contribution in [0, 0.1) is 13.8 Å². The first-order valence-corrected chi connectivity index (χ1v) is 14.4. The van der Waals surface area contributed by atoms with E-state index in [2.05, 4.69) is 31.6 Å². The molecule has 1 atom stereocenters. The maximum atomic E-state index is 14.0. The van der Waals surface area contributed by atoms with Crippen molar-refractivity contribution in [2.45, 2.75) is 33.7 Å². The molecule has 4 heterocycles. The third kappa shape index (κ3) is 4.41. The van der Waals surface area contributed by atoms with Crippen molar-refractivity contribution in [3.05, 3.63) is 106 Å². The lowest BCUT2D eigenvalue weighted by Crippen LogP contribution is -2.39. The number of fused-ring (bicyclic) bond motifs is 2. The number of nitrogens with zero attached hydrogens (tertiary/aromatic N) is 3. The second kappa shape index (κ2) is 10.3. The van der Waals surface area contributed by atoms with Gasteiger partial charge in [-0.05, 0) is 87.4 Å². The van der Waals surface area contributed by atoms with Crippen molar-refractivity contribution >= 4 is 39.3 Å². The molecule has 0 N–H and O–H groups in total. The van der Waals surface area contributed by atoms with E-state index in [4.69, 9.17) is 14.2 Å². The van der Waals surface area contributed by atoms with E-state index in [9.17, 15) is 9.59 Å². The van der Waals surface area contributed by atoms with E-state index in [1.807, 2.05) is 56.3 Å². The first kappa shape index (κ1) is 26.3. The molecular weight excluding hydrogens is 594 g/mol. The second-order valence-electron chi connectivity index (χ2n) is 9.55. The molecular formula is C30H26BrN3O5S. The molecule has 2 aromatic carbocycles. The van der Waals surface area contributed by atoms with Crippen LogP contribution < -0.4 is 24.4 Å². The number of hydrogen-bond donors (Lipinski definition) is 0. The molecule has 2 aliphatic heterocycles. The minimum absolute atomic E-state index is 0.125. The van der Waals surface area contributed by atoms with Gasteiger partial charge in [-0.15, -0.1) is 0 Å². The van der Waals surface area contributed by atoms with Crippen LogP contribution in [0.5, 0.6) is 11.5 Å². The Balaban J connectivity index is 1.52. The van der Waals surface area contributed by atoms with Crippen LogP contribution in [0.3, 0.4) is 0 Å². The highest BCUT2D eigenvalue weighted by Gasteiger charge is 2.34. The van der Waals surface area contributed by atoms with Gasteiger partial charge in [0.1, 0.15) is 0 Å². The van der Waals surface area contributed by atoms with Gasteiger partial charge in [0.25, 0.3) is 5.56 Å². The minimum Gasteiger partial charge on any atom is -0.463 e. The van der Waals surface area contributed by atoms with E-state index < -0.39 is 12.0 Å². The fourth-order valence-corrected chi connectivity index (χ4v) is 6.55. The summed E-state index contributed by atoms with van der Waals surface area (Å²) in [5.74, 6) is 0.687. The number of allylic oxidation sites excluding steroid dienone is 1. The molecule has 0 unspecified atom stereocenters. The fraction of sp³-hybridized carbons (Fsp3) is 0.233. The van der Waals surface area contributed by atoms with Crippen molar-refractivity contribution in [1.82, 2.24) is 9.13 Å². The maximum Gasteiger partial charge on any atom is 0.338 e. The van der Waals surface area contributed by atoms with Crippen molar-refractivity contribution in [3.8, 4) is 17.2 Å². The number of thiazole rings is 1. The van der Waals surface area contributed by atoms with Crippen LogP contribution in [0.2, 0.25) is 0 Å².